The Morgan fingerprint density at radius 3 is 2.71 bits per heavy atom. The van der Waals surface area contributed by atoms with Crippen molar-refractivity contribution in [1.82, 2.24) is 4.98 Å². The van der Waals surface area contributed by atoms with E-state index in [4.69, 9.17) is 4.74 Å². The zero-order valence-corrected chi connectivity index (χ0v) is 11.6. The summed E-state index contributed by atoms with van der Waals surface area (Å²) < 4.78 is 19.7. The highest BCUT2D eigenvalue weighted by molar-refractivity contribution is 5.66. The van der Waals surface area contributed by atoms with Crippen molar-refractivity contribution in [3.8, 4) is 11.1 Å². The first-order valence-corrected chi connectivity index (χ1v) is 7.03. The van der Waals surface area contributed by atoms with E-state index in [0.717, 1.165) is 29.7 Å². The van der Waals surface area contributed by atoms with Crippen LogP contribution in [0.5, 0.6) is 0 Å². The molecule has 2 aromatic rings. The van der Waals surface area contributed by atoms with Gasteiger partial charge in [0.15, 0.2) is 0 Å². The summed E-state index contributed by atoms with van der Waals surface area (Å²) in [4.78, 5) is 3.72. The Morgan fingerprint density at radius 2 is 1.90 bits per heavy atom. The number of allylic oxidation sites excluding steroid dienone is 3. The minimum Gasteiger partial charge on any atom is -0.489 e. The number of halogens is 1. The number of hydrogen-bond donors (Lipinski definition) is 0. The maximum atomic E-state index is 13.9. The van der Waals surface area contributed by atoms with E-state index in [1.54, 1.807) is 12.1 Å². The van der Waals surface area contributed by atoms with Gasteiger partial charge in [0.05, 0.1) is 0 Å². The van der Waals surface area contributed by atoms with E-state index in [1.165, 1.54) is 6.20 Å². The molecule has 0 radical (unpaired) electrons. The molecule has 3 rings (SSSR count). The van der Waals surface area contributed by atoms with E-state index < -0.39 is 5.95 Å². The number of aromatic nitrogens is 1. The van der Waals surface area contributed by atoms with Crippen LogP contribution >= 0.6 is 0 Å². The zero-order chi connectivity index (χ0) is 14.5. The average molecular weight is 281 g/mol. The second kappa shape index (κ2) is 6.35. The zero-order valence-electron chi connectivity index (χ0n) is 11.6. The molecule has 1 aliphatic rings. The SMILES string of the molecule is Fc1ncccc1-c1ccccc1COC1=CCCC=C1. The quantitative estimate of drug-likeness (QED) is 0.762. The fraction of sp³-hybridized carbons (Fsp3) is 0.167. The predicted molar refractivity (Wildman–Crippen MR) is 80.9 cm³/mol. The topological polar surface area (TPSA) is 22.1 Å². The molecular formula is C18H16FNO. The molecule has 106 valence electrons. The number of rotatable bonds is 4. The molecule has 0 atom stereocenters. The van der Waals surface area contributed by atoms with Gasteiger partial charge in [-0.15, -0.1) is 0 Å². The van der Waals surface area contributed by atoms with Crippen LogP contribution < -0.4 is 0 Å². The van der Waals surface area contributed by atoms with Gasteiger partial charge in [0, 0.05) is 11.8 Å². The average Bonchev–Trinajstić information content (AvgIpc) is 2.55. The maximum Gasteiger partial charge on any atom is 0.220 e. The van der Waals surface area contributed by atoms with Crippen molar-refractivity contribution in [3.63, 3.8) is 0 Å². The van der Waals surface area contributed by atoms with Crippen LogP contribution in [0.1, 0.15) is 18.4 Å². The van der Waals surface area contributed by atoms with Crippen molar-refractivity contribution in [1.29, 1.82) is 0 Å². The van der Waals surface area contributed by atoms with Crippen LogP contribution in [0, 0.1) is 5.95 Å². The number of nitrogens with zero attached hydrogens (tertiary/aromatic N) is 1. The Labute approximate surface area is 123 Å². The Kier molecular flexibility index (Phi) is 4.10. The van der Waals surface area contributed by atoms with Gasteiger partial charge in [0.2, 0.25) is 5.95 Å². The smallest absolute Gasteiger partial charge is 0.220 e. The number of ether oxygens (including phenoxy) is 1. The van der Waals surface area contributed by atoms with E-state index in [0.29, 0.717) is 12.2 Å². The van der Waals surface area contributed by atoms with Crippen molar-refractivity contribution in [2.24, 2.45) is 0 Å². The molecule has 1 aliphatic carbocycles. The highest BCUT2D eigenvalue weighted by Crippen LogP contribution is 2.26. The van der Waals surface area contributed by atoms with E-state index in [-0.39, 0.29) is 0 Å². The van der Waals surface area contributed by atoms with Gasteiger partial charge >= 0.3 is 0 Å². The van der Waals surface area contributed by atoms with Gasteiger partial charge in [-0.05, 0) is 48.3 Å². The monoisotopic (exact) mass is 281 g/mol. The lowest BCUT2D eigenvalue weighted by molar-refractivity contribution is 0.209. The molecule has 2 nitrogen and oxygen atoms in total. The van der Waals surface area contributed by atoms with Gasteiger partial charge in [-0.1, -0.05) is 30.3 Å². The minimum absolute atomic E-state index is 0.417. The Balaban J connectivity index is 1.85. The third-order valence-electron chi connectivity index (χ3n) is 3.42. The molecule has 0 bridgehead atoms. The molecule has 3 heteroatoms. The summed E-state index contributed by atoms with van der Waals surface area (Å²) in [6, 6.07) is 11.1. The van der Waals surface area contributed by atoms with E-state index in [1.807, 2.05) is 30.3 Å². The lowest BCUT2D eigenvalue weighted by atomic mass is 10.0. The van der Waals surface area contributed by atoms with Gasteiger partial charge in [-0.25, -0.2) is 4.98 Å². The highest BCUT2D eigenvalue weighted by Gasteiger charge is 2.10. The molecule has 1 aromatic carbocycles. The minimum atomic E-state index is -0.457. The summed E-state index contributed by atoms with van der Waals surface area (Å²) in [5, 5.41) is 0. The maximum absolute atomic E-state index is 13.9. The molecule has 0 amide bonds. The second-order valence-electron chi connectivity index (χ2n) is 4.87. The second-order valence-corrected chi connectivity index (χ2v) is 4.87. The van der Waals surface area contributed by atoms with Crippen molar-refractivity contribution in [3.05, 3.63) is 78.1 Å². The standard InChI is InChI=1S/C18H16FNO/c19-18-17(11-6-12-20-18)16-10-5-4-7-14(16)13-21-15-8-2-1-3-9-15/h2,4-12H,1,3,13H2. The number of benzene rings is 1. The molecule has 0 fully saturated rings. The van der Waals surface area contributed by atoms with Crippen LogP contribution in [0.25, 0.3) is 11.1 Å². The first-order chi connectivity index (χ1) is 10.3. The summed E-state index contributed by atoms with van der Waals surface area (Å²) >= 11 is 0. The van der Waals surface area contributed by atoms with E-state index >= 15 is 0 Å². The summed E-state index contributed by atoms with van der Waals surface area (Å²) in [5.41, 5.74) is 2.28. The van der Waals surface area contributed by atoms with E-state index in [9.17, 15) is 4.39 Å². The van der Waals surface area contributed by atoms with Crippen LogP contribution in [0.4, 0.5) is 4.39 Å². The summed E-state index contributed by atoms with van der Waals surface area (Å²) in [7, 11) is 0. The first-order valence-electron chi connectivity index (χ1n) is 7.03. The molecular weight excluding hydrogens is 265 g/mol. The van der Waals surface area contributed by atoms with Crippen molar-refractivity contribution >= 4 is 0 Å². The summed E-state index contributed by atoms with van der Waals surface area (Å²) in [6.45, 7) is 0.417. The van der Waals surface area contributed by atoms with Crippen LogP contribution in [-0.2, 0) is 11.3 Å². The molecule has 1 aromatic heterocycles. The van der Waals surface area contributed by atoms with Crippen molar-refractivity contribution < 1.29 is 9.13 Å². The van der Waals surface area contributed by atoms with Crippen LogP contribution in [0.3, 0.4) is 0 Å². The lowest BCUT2D eigenvalue weighted by Gasteiger charge is -2.13. The van der Waals surface area contributed by atoms with Crippen LogP contribution in [-0.4, -0.2) is 4.98 Å². The van der Waals surface area contributed by atoms with Crippen molar-refractivity contribution in [2.75, 3.05) is 0 Å². The molecule has 0 spiro atoms. The Morgan fingerprint density at radius 1 is 1.05 bits per heavy atom. The normalized spacial score (nSPS) is 13.9. The largest absolute Gasteiger partial charge is 0.489 e. The highest BCUT2D eigenvalue weighted by atomic mass is 19.1. The summed E-state index contributed by atoms with van der Waals surface area (Å²) in [5.74, 6) is 0.421. The third kappa shape index (κ3) is 3.19. The third-order valence-corrected chi connectivity index (χ3v) is 3.42. The molecule has 0 unspecified atom stereocenters. The first kappa shape index (κ1) is 13.6. The van der Waals surface area contributed by atoms with Gasteiger partial charge in [0.1, 0.15) is 12.4 Å². The van der Waals surface area contributed by atoms with Crippen LogP contribution in [0.15, 0.2) is 66.6 Å². The van der Waals surface area contributed by atoms with Gasteiger partial charge in [0.25, 0.3) is 0 Å². The molecule has 0 aliphatic heterocycles. The number of hydrogen-bond acceptors (Lipinski definition) is 2. The molecule has 21 heavy (non-hydrogen) atoms. The Bertz CT molecular complexity index is 691. The molecule has 0 saturated carbocycles. The van der Waals surface area contributed by atoms with Crippen LogP contribution in [0.2, 0.25) is 0 Å². The number of pyridine rings is 1. The van der Waals surface area contributed by atoms with Gasteiger partial charge < -0.3 is 4.74 Å². The fourth-order valence-electron chi connectivity index (χ4n) is 2.35. The fourth-order valence-corrected chi connectivity index (χ4v) is 2.35. The lowest BCUT2D eigenvalue weighted by Crippen LogP contribution is -1.98. The molecule has 0 N–H and O–H groups in total. The summed E-state index contributed by atoms with van der Waals surface area (Å²) in [6.07, 6.45) is 9.68. The molecule has 0 saturated heterocycles. The Hall–Kier alpha value is -2.42. The van der Waals surface area contributed by atoms with Gasteiger partial charge in [-0.3, -0.25) is 0 Å². The van der Waals surface area contributed by atoms with E-state index in [2.05, 4.69) is 17.1 Å². The van der Waals surface area contributed by atoms with Gasteiger partial charge in [-0.2, -0.15) is 4.39 Å². The van der Waals surface area contributed by atoms with Crippen molar-refractivity contribution in [2.45, 2.75) is 19.4 Å². The predicted octanol–water partition coefficient (Wildman–Crippen LogP) is 4.64. The molecule has 1 heterocycles.